The number of ether oxygens (including phenoxy) is 2. The lowest BCUT2D eigenvalue weighted by Crippen LogP contribution is -2.41. The van der Waals surface area contributed by atoms with Crippen LogP contribution in [0.1, 0.15) is 97.3 Å². The predicted molar refractivity (Wildman–Crippen MR) is 109 cm³/mol. The van der Waals surface area contributed by atoms with Crippen molar-refractivity contribution in [2.45, 2.75) is 97.3 Å². The van der Waals surface area contributed by atoms with Gasteiger partial charge in [0.05, 0.1) is 19.1 Å². The van der Waals surface area contributed by atoms with Gasteiger partial charge >= 0.3 is 12.1 Å². The first-order valence-corrected chi connectivity index (χ1v) is 11.3. The second kappa shape index (κ2) is 15.8. The average Bonchev–Trinajstić information content (AvgIpc) is 2.69. The third kappa shape index (κ3) is 11.2. The summed E-state index contributed by atoms with van der Waals surface area (Å²) in [5.41, 5.74) is 0. The molecule has 1 aliphatic rings. The predicted octanol–water partition coefficient (Wildman–Crippen LogP) is 5.71. The normalized spacial score (nSPS) is 15.0. The second-order valence-corrected chi connectivity index (χ2v) is 7.73. The molecule has 1 aliphatic heterocycles. The number of esters is 1. The first-order chi connectivity index (χ1) is 13.2. The highest BCUT2D eigenvalue weighted by atomic mass is 16.6. The number of carbonyl (C=O) groups is 2. The lowest BCUT2D eigenvalue weighted by Gasteiger charge is -2.30. The number of piperidine rings is 1. The highest BCUT2D eigenvalue weighted by molar-refractivity contribution is 5.73. The molecule has 0 aromatic rings. The number of hydrogen-bond acceptors (Lipinski definition) is 4. The number of carbonyl (C=O) groups excluding carboxylic acids is 2. The zero-order valence-electron chi connectivity index (χ0n) is 17.7. The standard InChI is InChI=1S/C22H41NO4/c1-3-5-7-8-9-10-11-12-13-19-26-21(24)20-14-16-23(17-15-20)22(25)27-18-6-4-2/h20H,3-19H2,1-2H3. The molecule has 27 heavy (non-hydrogen) atoms. The molecular formula is C22H41NO4. The largest absolute Gasteiger partial charge is 0.465 e. The van der Waals surface area contributed by atoms with Crippen molar-refractivity contribution in [3.8, 4) is 0 Å². The van der Waals surface area contributed by atoms with Gasteiger partial charge in [-0.25, -0.2) is 4.79 Å². The number of likely N-dealkylation sites (tertiary alicyclic amines) is 1. The quantitative estimate of drug-likeness (QED) is 0.285. The van der Waals surface area contributed by atoms with Crippen molar-refractivity contribution in [1.29, 1.82) is 0 Å². The molecule has 0 aromatic carbocycles. The Morgan fingerprint density at radius 1 is 0.741 bits per heavy atom. The SMILES string of the molecule is CCCCCCCCCCCOC(=O)C1CCN(C(=O)OCCCC)CC1. The number of unbranched alkanes of at least 4 members (excludes halogenated alkanes) is 9. The van der Waals surface area contributed by atoms with E-state index in [0.29, 0.717) is 39.1 Å². The number of amides is 1. The zero-order valence-corrected chi connectivity index (χ0v) is 17.7. The molecule has 1 saturated heterocycles. The van der Waals surface area contributed by atoms with Crippen molar-refractivity contribution in [1.82, 2.24) is 4.90 Å². The molecular weight excluding hydrogens is 342 g/mol. The fourth-order valence-electron chi connectivity index (χ4n) is 3.40. The topological polar surface area (TPSA) is 55.8 Å². The van der Waals surface area contributed by atoms with Gasteiger partial charge in [0.15, 0.2) is 0 Å². The van der Waals surface area contributed by atoms with Crippen molar-refractivity contribution in [2.75, 3.05) is 26.3 Å². The molecule has 0 unspecified atom stereocenters. The Morgan fingerprint density at radius 2 is 1.26 bits per heavy atom. The summed E-state index contributed by atoms with van der Waals surface area (Å²) in [6.07, 6.45) is 14.4. The Kier molecular flexibility index (Phi) is 13.9. The fourth-order valence-corrected chi connectivity index (χ4v) is 3.40. The molecule has 0 N–H and O–H groups in total. The number of rotatable bonds is 14. The Morgan fingerprint density at radius 3 is 1.85 bits per heavy atom. The van der Waals surface area contributed by atoms with Crippen LogP contribution in [0.4, 0.5) is 4.79 Å². The third-order valence-corrected chi connectivity index (χ3v) is 5.30. The zero-order chi connectivity index (χ0) is 19.7. The summed E-state index contributed by atoms with van der Waals surface area (Å²) < 4.78 is 10.7. The van der Waals surface area contributed by atoms with Crippen molar-refractivity contribution < 1.29 is 19.1 Å². The minimum atomic E-state index is -0.245. The molecule has 5 nitrogen and oxygen atoms in total. The highest BCUT2D eigenvalue weighted by Crippen LogP contribution is 2.19. The van der Waals surface area contributed by atoms with Gasteiger partial charge in [-0.1, -0.05) is 71.6 Å². The molecule has 1 rings (SSSR count). The number of hydrogen-bond donors (Lipinski definition) is 0. The average molecular weight is 384 g/mol. The minimum absolute atomic E-state index is 0.0664. The van der Waals surface area contributed by atoms with E-state index in [0.717, 1.165) is 25.7 Å². The molecule has 5 heteroatoms. The third-order valence-electron chi connectivity index (χ3n) is 5.30. The number of nitrogens with zero attached hydrogens (tertiary/aromatic N) is 1. The van der Waals surface area contributed by atoms with Gasteiger partial charge in [-0.15, -0.1) is 0 Å². The van der Waals surface area contributed by atoms with Crippen LogP contribution in [0.5, 0.6) is 0 Å². The van der Waals surface area contributed by atoms with Gasteiger partial charge in [0.1, 0.15) is 0 Å². The summed E-state index contributed by atoms with van der Waals surface area (Å²) >= 11 is 0. The summed E-state index contributed by atoms with van der Waals surface area (Å²) in [5.74, 6) is -0.156. The van der Waals surface area contributed by atoms with Crippen LogP contribution in [-0.4, -0.2) is 43.3 Å². The second-order valence-electron chi connectivity index (χ2n) is 7.73. The van der Waals surface area contributed by atoms with E-state index in [-0.39, 0.29) is 18.0 Å². The van der Waals surface area contributed by atoms with Crippen LogP contribution in [0, 0.1) is 5.92 Å². The van der Waals surface area contributed by atoms with E-state index in [1.807, 2.05) is 0 Å². The molecule has 0 atom stereocenters. The molecule has 1 heterocycles. The van der Waals surface area contributed by atoms with Gasteiger partial charge in [-0.05, 0) is 25.7 Å². The van der Waals surface area contributed by atoms with Gasteiger partial charge in [-0.2, -0.15) is 0 Å². The molecule has 1 fully saturated rings. The lowest BCUT2D eigenvalue weighted by molar-refractivity contribution is -0.150. The van der Waals surface area contributed by atoms with E-state index in [9.17, 15) is 9.59 Å². The maximum atomic E-state index is 12.2. The van der Waals surface area contributed by atoms with Crippen molar-refractivity contribution in [3.05, 3.63) is 0 Å². The van der Waals surface area contributed by atoms with Crippen LogP contribution in [-0.2, 0) is 14.3 Å². The summed E-state index contributed by atoms with van der Waals surface area (Å²) in [7, 11) is 0. The van der Waals surface area contributed by atoms with Crippen LogP contribution in [0.25, 0.3) is 0 Å². The molecule has 0 aliphatic carbocycles. The van der Waals surface area contributed by atoms with Gasteiger partial charge in [0.2, 0.25) is 0 Å². The van der Waals surface area contributed by atoms with Gasteiger partial charge in [-0.3, -0.25) is 4.79 Å². The van der Waals surface area contributed by atoms with E-state index in [2.05, 4.69) is 13.8 Å². The molecule has 0 radical (unpaired) electrons. The molecule has 0 spiro atoms. The summed E-state index contributed by atoms with van der Waals surface area (Å²) in [6.45, 7) is 6.50. The van der Waals surface area contributed by atoms with Crippen LogP contribution in [0.2, 0.25) is 0 Å². The van der Waals surface area contributed by atoms with E-state index < -0.39 is 0 Å². The molecule has 1 amide bonds. The first kappa shape index (κ1) is 23.8. The monoisotopic (exact) mass is 383 g/mol. The Balaban J connectivity index is 2.00. The van der Waals surface area contributed by atoms with Crippen LogP contribution >= 0.6 is 0 Å². The van der Waals surface area contributed by atoms with E-state index in [1.165, 1.54) is 44.9 Å². The fraction of sp³-hybridized carbons (Fsp3) is 0.909. The smallest absolute Gasteiger partial charge is 0.409 e. The van der Waals surface area contributed by atoms with Crippen LogP contribution in [0.15, 0.2) is 0 Å². The van der Waals surface area contributed by atoms with Gasteiger partial charge < -0.3 is 14.4 Å². The lowest BCUT2D eigenvalue weighted by atomic mass is 9.97. The summed E-state index contributed by atoms with van der Waals surface area (Å²) in [6, 6.07) is 0. The Hall–Kier alpha value is -1.26. The molecule has 0 saturated carbocycles. The van der Waals surface area contributed by atoms with Crippen LogP contribution in [0.3, 0.4) is 0 Å². The maximum Gasteiger partial charge on any atom is 0.409 e. The first-order valence-electron chi connectivity index (χ1n) is 11.3. The van der Waals surface area contributed by atoms with Gasteiger partial charge in [0.25, 0.3) is 0 Å². The summed E-state index contributed by atoms with van der Waals surface area (Å²) in [4.78, 5) is 25.8. The Bertz CT molecular complexity index is 392. The maximum absolute atomic E-state index is 12.2. The van der Waals surface area contributed by atoms with Gasteiger partial charge in [0, 0.05) is 13.1 Å². The Labute approximate surface area is 166 Å². The molecule has 158 valence electrons. The minimum Gasteiger partial charge on any atom is -0.465 e. The van der Waals surface area contributed by atoms with Crippen LogP contribution < -0.4 is 0 Å². The van der Waals surface area contributed by atoms with E-state index in [1.54, 1.807) is 4.90 Å². The highest BCUT2D eigenvalue weighted by Gasteiger charge is 2.28. The van der Waals surface area contributed by atoms with Crippen molar-refractivity contribution in [3.63, 3.8) is 0 Å². The van der Waals surface area contributed by atoms with E-state index in [4.69, 9.17) is 9.47 Å². The van der Waals surface area contributed by atoms with E-state index >= 15 is 0 Å². The summed E-state index contributed by atoms with van der Waals surface area (Å²) in [5, 5.41) is 0. The van der Waals surface area contributed by atoms with Crippen molar-refractivity contribution >= 4 is 12.1 Å². The van der Waals surface area contributed by atoms with Crippen molar-refractivity contribution in [2.24, 2.45) is 5.92 Å². The molecule has 0 bridgehead atoms. The molecule has 0 aromatic heterocycles.